The maximum Gasteiger partial charge on any atom is 0.267 e. The van der Waals surface area contributed by atoms with Gasteiger partial charge in [0.25, 0.3) is 5.89 Å². The normalized spacial score (nSPS) is 27.9. The molecule has 0 N–H and O–H groups in total. The van der Waals surface area contributed by atoms with E-state index in [-0.39, 0.29) is 0 Å². The molecular formula is C13H14N2OS. The number of hydrogen-bond donors (Lipinski definition) is 0. The molecule has 2 aromatic heterocycles. The van der Waals surface area contributed by atoms with Crippen LogP contribution in [-0.4, -0.2) is 10.1 Å². The van der Waals surface area contributed by atoms with E-state index in [9.17, 15) is 0 Å². The van der Waals surface area contributed by atoms with Crippen LogP contribution in [0.5, 0.6) is 0 Å². The van der Waals surface area contributed by atoms with Gasteiger partial charge in [-0.15, -0.1) is 11.3 Å². The Kier molecular flexibility index (Phi) is 1.62. The molecular weight excluding hydrogens is 232 g/mol. The Bertz CT molecular complexity index is 597. The molecule has 4 rings (SSSR count). The Balaban J connectivity index is 1.88. The van der Waals surface area contributed by atoms with Gasteiger partial charge in [-0.05, 0) is 41.7 Å². The molecule has 0 aromatic carbocycles. The Morgan fingerprint density at radius 3 is 3.00 bits per heavy atom. The minimum Gasteiger partial charge on any atom is -0.333 e. The van der Waals surface area contributed by atoms with Crippen molar-refractivity contribution in [2.24, 2.45) is 11.3 Å². The predicted octanol–water partition coefficient (Wildman–Crippen LogP) is 3.40. The van der Waals surface area contributed by atoms with E-state index in [1.807, 2.05) is 11.3 Å². The SMILES string of the molecule is Cc1sc(-c2ncno2)c2c1[C@H]1[C@@H](C2)C1(C)C. The molecule has 3 nitrogen and oxygen atoms in total. The molecule has 0 radical (unpaired) electrons. The number of fused-ring (bicyclic) bond motifs is 3. The summed E-state index contributed by atoms with van der Waals surface area (Å²) in [5.74, 6) is 2.30. The van der Waals surface area contributed by atoms with Crippen molar-refractivity contribution >= 4 is 11.3 Å². The van der Waals surface area contributed by atoms with E-state index in [1.165, 1.54) is 28.1 Å². The second kappa shape index (κ2) is 2.80. The van der Waals surface area contributed by atoms with Crippen molar-refractivity contribution in [1.82, 2.24) is 10.1 Å². The highest BCUT2D eigenvalue weighted by Gasteiger charge is 2.63. The summed E-state index contributed by atoms with van der Waals surface area (Å²) in [7, 11) is 0. The largest absolute Gasteiger partial charge is 0.333 e. The van der Waals surface area contributed by atoms with Crippen LogP contribution in [0.4, 0.5) is 0 Å². The summed E-state index contributed by atoms with van der Waals surface area (Å²) in [6.45, 7) is 6.99. The fourth-order valence-corrected chi connectivity index (χ4v) is 4.74. The molecule has 0 bridgehead atoms. The van der Waals surface area contributed by atoms with Gasteiger partial charge in [-0.2, -0.15) is 4.98 Å². The molecule has 0 aliphatic heterocycles. The minimum absolute atomic E-state index is 0.505. The average molecular weight is 246 g/mol. The number of hydrogen-bond acceptors (Lipinski definition) is 4. The predicted molar refractivity (Wildman–Crippen MR) is 66.1 cm³/mol. The van der Waals surface area contributed by atoms with Crippen LogP contribution in [0, 0.1) is 18.3 Å². The topological polar surface area (TPSA) is 38.9 Å². The molecule has 2 atom stereocenters. The first-order valence-corrected chi connectivity index (χ1v) is 6.81. The highest BCUT2D eigenvalue weighted by molar-refractivity contribution is 7.15. The van der Waals surface area contributed by atoms with Crippen molar-refractivity contribution in [1.29, 1.82) is 0 Å². The summed E-state index contributed by atoms with van der Waals surface area (Å²) in [4.78, 5) is 6.83. The summed E-state index contributed by atoms with van der Waals surface area (Å²) in [5, 5.41) is 3.71. The fourth-order valence-electron chi connectivity index (χ4n) is 3.58. The van der Waals surface area contributed by atoms with Gasteiger partial charge in [0.2, 0.25) is 0 Å². The number of aryl methyl sites for hydroxylation is 1. The zero-order chi connectivity index (χ0) is 11.8. The van der Waals surface area contributed by atoms with E-state index >= 15 is 0 Å². The van der Waals surface area contributed by atoms with Crippen molar-refractivity contribution < 1.29 is 4.52 Å². The van der Waals surface area contributed by atoms with E-state index in [2.05, 4.69) is 30.9 Å². The fraction of sp³-hybridized carbons (Fsp3) is 0.538. The quantitative estimate of drug-likeness (QED) is 0.774. The van der Waals surface area contributed by atoms with Gasteiger partial charge in [0.05, 0.1) is 4.88 Å². The van der Waals surface area contributed by atoms with Crippen LogP contribution < -0.4 is 0 Å². The first-order chi connectivity index (χ1) is 8.10. The van der Waals surface area contributed by atoms with Gasteiger partial charge in [-0.1, -0.05) is 19.0 Å². The molecule has 2 aromatic rings. The zero-order valence-corrected chi connectivity index (χ0v) is 11.0. The van der Waals surface area contributed by atoms with Crippen molar-refractivity contribution in [2.45, 2.75) is 33.1 Å². The second-order valence-corrected chi connectivity index (χ2v) is 6.96. The van der Waals surface area contributed by atoms with Gasteiger partial charge in [-0.3, -0.25) is 0 Å². The zero-order valence-electron chi connectivity index (χ0n) is 10.2. The molecule has 1 saturated carbocycles. The Hall–Kier alpha value is -1.16. The van der Waals surface area contributed by atoms with Crippen LogP contribution in [-0.2, 0) is 6.42 Å². The van der Waals surface area contributed by atoms with Crippen molar-refractivity contribution in [2.75, 3.05) is 0 Å². The van der Waals surface area contributed by atoms with E-state index in [0.29, 0.717) is 11.3 Å². The molecule has 0 amide bonds. The van der Waals surface area contributed by atoms with Gasteiger partial charge < -0.3 is 4.52 Å². The lowest BCUT2D eigenvalue weighted by Crippen LogP contribution is -1.99. The molecule has 4 heteroatoms. The van der Waals surface area contributed by atoms with E-state index < -0.39 is 0 Å². The van der Waals surface area contributed by atoms with E-state index in [0.717, 1.165) is 11.8 Å². The minimum atomic E-state index is 0.505. The summed E-state index contributed by atoms with van der Waals surface area (Å²) in [6, 6.07) is 0. The van der Waals surface area contributed by atoms with Crippen molar-refractivity contribution in [3.05, 3.63) is 22.3 Å². The Morgan fingerprint density at radius 2 is 2.29 bits per heavy atom. The van der Waals surface area contributed by atoms with Gasteiger partial charge in [0, 0.05) is 4.88 Å². The third kappa shape index (κ3) is 1.07. The monoisotopic (exact) mass is 246 g/mol. The van der Waals surface area contributed by atoms with Crippen LogP contribution in [0.15, 0.2) is 10.9 Å². The first kappa shape index (κ1) is 9.83. The standard InChI is InChI=1S/C13H14N2OS/c1-6-9-7(4-8-10(9)13(8,2)3)11(17-6)12-14-5-15-16-12/h5,8,10H,4H2,1-3H3/t8-,10-/m1/s1. The maximum absolute atomic E-state index is 5.21. The van der Waals surface area contributed by atoms with Crippen molar-refractivity contribution in [3.63, 3.8) is 0 Å². The Morgan fingerprint density at radius 1 is 1.47 bits per heavy atom. The highest BCUT2D eigenvalue weighted by Crippen LogP contribution is 2.72. The van der Waals surface area contributed by atoms with Crippen LogP contribution >= 0.6 is 11.3 Å². The number of rotatable bonds is 1. The number of nitrogens with zero attached hydrogens (tertiary/aromatic N) is 2. The smallest absolute Gasteiger partial charge is 0.267 e. The molecule has 17 heavy (non-hydrogen) atoms. The highest BCUT2D eigenvalue weighted by atomic mass is 32.1. The number of aromatic nitrogens is 2. The lowest BCUT2D eigenvalue weighted by Gasteiger charge is -2.08. The third-order valence-corrected chi connectivity index (χ3v) is 5.73. The molecule has 0 unspecified atom stereocenters. The first-order valence-electron chi connectivity index (χ1n) is 6.00. The Labute approximate surface area is 104 Å². The van der Waals surface area contributed by atoms with Gasteiger partial charge in [0.15, 0.2) is 6.33 Å². The van der Waals surface area contributed by atoms with Crippen LogP contribution in [0.1, 0.15) is 35.8 Å². The summed E-state index contributed by atoms with van der Waals surface area (Å²) >= 11 is 1.81. The lowest BCUT2D eigenvalue weighted by molar-refractivity contribution is 0.430. The van der Waals surface area contributed by atoms with Gasteiger partial charge >= 0.3 is 0 Å². The summed E-state index contributed by atoms with van der Waals surface area (Å²) in [5.41, 5.74) is 3.56. The van der Waals surface area contributed by atoms with Crippen LogP contribution in [0.2, 0.25) is 0 Å². The molecule has 1 fully saturated rings. The summed E-state index contributed by atoms with van der Waals surface area (Å²) < 4.78 is 5.21. The lowest BCUT2D eigenvalue weighted by atomic mass is 9.95. The van der Waals surface area contributed by atoms with Crippen LogP contribution in [0.25, 0.3) is 10.8 Å². The second-order valence-electron chi connectivity index (χ2n) is 5.74. The molecule has 2 aliphatic carbocycles. The average Bonchev–Trinajstić information content (AvgIpc) is 2.81. The third-order valence-electron chi connectivity index (χ3n) is 4.57. The molecule has 0 spiro atoms. The molecule has 88 valence electrons. The molecule has 2 heterocycles. The molecule has 0 saturated heterocycles. The van der Waals surface area contributed by atoms with Gasteiger partial charge in [-0.25, -0.2) is 0 Å². The van der Waals surface area contributed by atoms with Gasteiger partial charge in [0.1, 0.15) is 0 Å². The summed E-state index contributed by atoms with van der Waals surface area (Å²) in [6.07, 6.45) is 2.67. The molecule has 2 aliphatic rings. The van der Waals surface area contributed by atoms with Crippen LogP contribution in [0.3, 0.4) is 0 Å². The maximum atomic E-state index is 5.21. The van der Waals surface area contributed by atoms with E-state index in [1.54, 1.807) is 5.56 Å². The van der Waals surface area contributed by atoms with E-state index in [4.69, 9.17) is 4.52 Å². The number of thiophene rings is 1. The van der Waals surface area contributed by atoms with Crippen molar-refractivity contribution in [3.8, 4) is 10.8 Å².